The van der Waals surface area contributed by atoms with Crippen LogP contribution in [0, 0.1) is 0 Å². The van der Waals surface area contributed by atoms with E-state index in [1.807, 2.05) is 6.20 Å². The van der Waals surface area contributed by atoms with E-state index in [2.05, 4.69) is 30.4 Å². The standard InChI is InChI=1S/C13H16N8O2/c22-12(8-21-9-15-17-18-21)20-6-10-5-14-13(16-11(10)7-20)19-1-3-23-4-2-19/h5,9H,1-4,6-8H2. The maximum Gasteiger partial charge on any atom is 0.245 e. The maximum atomic E-state index is 12.3. The van der Waals surface area contributed by atoms with Gasteiger partial charge in [-0.25, -0.2) is 14.6 Å². The highest BCUT2D eigenvalue weighted by Gasteiger charge is 2.26. The second-order valence-corrected chi connectivity index (χ2v) is 5.50. The zero-order valence-corrected chi connectivity index (χ0v) is 12.5. The topological polar surface area (TPSA) is 102 Å². The van der Waals surface area contributed by atoms with E-state index < -0.39 is 0 Å². The summed E-state index contributed by atoms with van der Waals surface area (Å²) in [5.74, 6) is 0.671. The molecule has 0 aliphatic carbocycles. The predicted molar refractivity (Wildman–Crippen MR) is 77.1 cm³/mol. The molecule has 10 nitrogen and oxygen atoms in total. The molecular formula is C13H16N8O2. The molecule has 0 unspecified atom stereocenters. The highest BCUT2D eigenvalue weighted by Crippen LogP contribution is 2.23. The normalized spacial score (nSPS) is 17.4. The van der Waals surface area contributed by atoms with Crippen molar-refractivity contribution in [3.8, 4) is 0 Å². The van der Waals surface area contributed by atoms with Crippen LogP contribution in [0.25, 0.3) is 0 Å². The fraction of sp³-hybridized carbons (Fsp3) is 0.538. The van der Waals surface area contributed by atoms with E-state index >= 15 is 0 Å². The molecule has 10 heteroatoms. The first kappa shape index (κ1) is 14.0. The monoisotopic (exact) mass is 316 g/mol. The van der Waals surface area contributed by atoms with Gasteiger partial charge >= 0.3 is 0 Å². The average molecular weight is 316 g/mol. The van der Waals surface area contributed by atoms with E-state index in [-0.39, 0.29) is 12.5 Å². The van der Waals surface area contributed by atoms with Crippen molar-refractivity contribution in [1.82, 2.24) is 35.1 Å². The van der Waals surface area contributed by atoms with Crippen molar-refractivity contribution in [2.45, 2.75) is 19.6 Å². The molecule has 0 spiro atoms. The van der Waals surface area contributed by atoms with Gasteiger partial charge in [-0.3, -0.25) is 4.79 Å². The molecule has 1 saturated heterocycles. The number of fused-ring (bicyclic) bond motifs is 1. The predicted octanol–water partition coefficient (Wildman–Crippen LogP) is -1.16. The lowest BCUT2D eigenvalue weighted by Gasteiger charge is -2.26. The average Bonchev–Trinajstić information content (AvgIpc) is 3.24. The Bertz CT molecular complexity index is 698. The summed E-state index contributed by atoms with van der Waals surface area (Å²) >= 11 is 0. The molecule has 0 saturated carbocycles. The van der Waals surface area contributed by atoms with Gasteiger partial charge in [0.05, 0.1) is 25.5 Å². The lowest BCUT2D eigenvalue weighted by Crippen LogP contribution is -2.37. The Morgan fingerprint density at radius 1 is 1.26 bits per heavy atom. The van der Waals surface area contributed by atoms with Gasteiger partial charge in [-0.1, -0.05) is 0 Å². The third-order valence-corrected chi connectivity index (χ3v) is 3.98. The fourth-order valence-electron chi connectivity index (χ4n) is 2.73. The van der Waals surface area contributed by atoms with Crippen molar-refractivity contribution in [2.24, 2.45) is 0 Å². The van der Waals surface area contributed by atoms with E-state index in [0.717, 1.165) is 24.3 Å². The first-order chi connectivity index (χ1) is 11.3. The van der Waals surface area contributed by atoms with Crippen molar-refractivity contribution in [2.75, 3.05) is 31.2 Å². The Hall–Kier alpha value is -2.62. The number of anilines is 1. The zero-order chi connectivity index (χ0) is 15.6. The molecule has 0 radical (unpaired) electrons. The molecule has 1 fully saturated rings. The number of hydrogen-bond acceptors (Lipinski definition) is 8. The van der Waals surface area contributed by atoms with Gasteiger partial charge in [-0.05, 0) is 10.4 Å². The van der Waals surface area contributed by atoms with Gasteiger partial charge in [0.25, 0.3) is 0 Å². The molecule has 2 aromatic rings. The molecule has 0 atom stereocenters. The summed E-state index contributed by atoms with van der Waals surface area (Å²) in [6, 6.07) is 0. The van der Waals surface area contributed by atoms with E-state index in [9.17, 15) is 4.79 Å². The minimum absolute atomic E-state index is 0.0387. The van der Waals surface area contributed by atoms with Crippen molar-refractivity contribution in [1.29, 1.82) is 0 Å². The number of amides is 1. The molecule has 1 amide bonds. The SMILES string of the molecule is O=C(Cn1cnnn1)N1Cc2cnc(N3CCOCC3)nc2C1. The molecule has 0 N–H and O–H groups in total. The van der Waals surface area contributed by atoms with E-state index in [0.29, 0.717) is 32.3 Å². The summed E-state index contributed by atoms with van der Waals surface area (Å²) in [6.45, 7) is 4.12. The molecule has 23 heavy (non-hydrogen) atoms. The van der Waals surface area contributed by atoms with Crippen molar-refractivity contribution < 1.29 is 9.53 Å². The third-order valence-electron chi connectivity index (χ3n) is 3.98. The highest BCUT2D eigenvalue weighted by molar-refractivity contribution is 5.76. The van der Waals surface area contributed by atoms with E-state index in [1.54, 1.807) is 4.90 Å². The number of ether oxygens (including phenoxy) is 1. The molecule has 0 aromatic carbocycles. The Kier molecular flexibility index (Phi) is 3.58. The van der Waals surface area contributed by atoms with Crippen molar-refractivity contribution in [3.63, 3.8) is 0 Å². The molecule has 2 aliphatic rings. The van der Waals surface area contributed by atoms with Crippen LogP contribution in [0.15, 0.2) is 12.5 Å². The third kappa shape index (κ3) is 2.84. The first-order valence-corrected chi connectivity index (χ1v) is 7.45. The number of tetrazole rings is 1. The lowest BCUT2D eigenvalue weighted by atomic mass is 10.3. The van der Waals surface area contributed by atoms with Crippen LogP contribution in [-0.2, 0) is 29.2 Å². The Balaban J connectivity index is 1.45. The summed E-state index contributed by atoms with van der Waals surface area (Å²) < 4.78 is 6.76. The number of aromatic nitrogens is 6. The van der Waals surface area contributed by atoms with Gasteiger partial charge in [-0.2, -0.15) is 0 Å². The number of carbonyl (C=O) groups excluding carboxylic acids is 1. The number of rotatable bonds is 3. The summed E-state index contributed by atoms with van der Waals surface area (Å²) in [5, 5.41) is 10.8. The first-order valence-electron chi connectivity index (χ1n) is 7.45. The lowest BCUT2D eigenvalue weighted by molar-refractivity contribution is -0.132. The Morgan fingerprint density at radius 2 is 2.13 bits per heavy atom. The molecule has 120 valence electrons. The number of morpholine rings is 1. The van der Waals surface area contributed by atoms with E-state index in [4.69, 9.17) is 4.74 Å². The van der Waals surface area contributed by atoms with Gasteiger partial charge in [0.15, 0.2) is 0 Å². The van der Waals surface area contributed by atoms with Gasteiger partial charge in [-0.15, -0.1) is 5.10 Å². The molecular weight excluding hydrogens is 300 g/mol. The number of carbonyl (C=O) groups is 1. The molecule has 4 rings (SSSR count). The van der Waals surface area contributed by atoms with Crippen LogP contribution >= 0.6 is 0 Å². The van der Waals surface area contributed by atoms with Crippen LogP contribution in [0.4, 0.5) is 5.95 Å². The van der Waals surface area contributed by atoms with E-state index in [1.165, 1.54) is 11.0 Å². The van der Waals surface area contributed by atoms with Crippen molar-refractivity contribution in [3.05, 3.63) is 23.8 Å². The summed E-state index contributed by atoms with van der Waals surface area (Å²) in [6.07, 6.45) is 3.24. The van der Waals surface area contributed by atoms with Crippen LogP contribution in [0.5, 0.6) is 0 Å². The molecule has 2 aromatic heterocycles. The molecule has 0 bridgehead atoms. The van der Waals surface area contributed by atoms with Gasteiger partial charge in [0.1, 0.15) is 12.9 Å². The minimum atomic E-state index is -0.0387. The maximum absolute atomic E-state index is 12.3. The smallest absolute Gasteiger partial charge is 0.245 e. The van der Waals surface area contributed by atoms with Crippen LogP contribution in [0.1, 0.15) is 11.3 Å². The van der Waals surface area contributed by atoms with Gasteiger partial charge in [0, 0.05) is 31.4 Å². The molecule has 4 heterocycles. The second kappa shape index (κ2) is 5.88. The summed E-state index contributed by atoms with van der Waals surface area (Å²) in [7, 11) is 0. The minimum Gasteiger partial charge on any atom is -0.378 e. The zero-order valence-electron chi connectivity index (χ0n) is 12.5. The fourth-order valence-corrected chi connectivity index (χ4v) is 2.73. The number of nitrogens with zero attached hydrogens (tertiary/aromatic N) is 8. The van der Waals surface area contributed by atoms with Crippen LogP contribution < -0.4 is 4.90 Å². The molecule has 2 aliphatic heterocycles. The summed E-state index contributed by atoms with van der Waals surface area (Å²) in [5.41, 5.74) is 1.90. The second-order valence-electron chi connectivity index (χ2n) is 5.50. The van der Waals surface area contributed by atoms with Crippen LogP contribution in [-0.4, -0.2) is 67.3 Å². The Labute approximate surface area is 132 Å². The van der Waals surface area contributed by atoms with Gasteiger partial charge in [0.2, 0.25) is 11.9 Å². The summed E-state index contributed by atoms with van der Waals surface area (Å²) in [4.78, 5) is 25.2. The Morgan fingerprint density at radius 3 is 2.91 bits per heavy atom. The number of hydrogen-bond donors (Lipinski definition) is 0. The van der Waals surface area contributed by atoms with Crippen LogP contribution in [0.3, 0.4) is 0 Å². The van der Waals surface area contributed by atoms with Gasteiger partial charge < -0.3 is 14.5 Å². The highest BCUT2D eigenvalue weighted by atomic mass is 16.5. The quantitative estimate of drug-likeness (QED) is 0.699. The van der Waals surface area contributed by atoms with Crippen LogP contribution in [0.2, 0.25) is 0 Å². The van der Waals surface area contributed by atoms with Crippen molar-refractivity contribution >= 4 is 11.9 Å². The largest absolute Gasteiger partial charge is 0.378 e.